The molecule has 5 nitrogen and oxygen atoms in total. The Labute approximate surface area is 167 Å². The number of H-pyrrole nitrogens is 1. The summed E-state index contributed by atoms with van der Waals surface area (Å²) in [5, 5.41) is 3.61. The van der Waals surface area contributed by atoms with E-state index in [2.05, 4.69) is 53.3 Å². The van der Waals surface area contributed by atoms with Crippen LogP contribution in [0.25, 0.3) is 11.0 Å². The van der Waals surface area contributed by atoms with Gasteiger partial charge in [0.2, 0.25) is 5.95 Å². The number of anilines is 1. The van der Waals surface area contributed by atoms with Crippen LogP contribution in [0.1, 0.15) is 29.5 Å². The lowest BCUT2D eigenvalue weighted by atomic mass is 10.0. The van der Waals surface area contributed by atoms with Gasteiger partial charge in [-0.15, -0.1) is 0 Å². The lowest BCUT2D eigenvalue weighted by Gasteiger charge is -2.32. The van der Waals surface area contributed by atoms with Crippen molar-refractivity contribution < 1.29 is 4.74 Å². The molecule has 0 unspecified atom stereocenters. The molecule has 0 radical (unpaired) electrons. The summed E-state index contributed by atoms with van der Waals surface area (Å²) in [6, 6.07) is 13.2. The third kappa shape index (κ3) is 4.30. The van der Waals surface area contributed by atoms with E-state index in [9.17, 15) is 0 Å². The maximum absolute atomic E-state index is 5.23. The minimum absolute atomic E-state index is 0.486. The fraction of sp³-hybridized carbons (Fsp3) is 0.435. The summed E-state index contributed by atoms with van der Waals surface area (Å²) in [7, 11) is 1.71. The van der Waals surface area contributed by atoms with E-state index in [1.165, 1.54) is 16.7 Å². The molecule has 2 aromatic carbocycles. The predicted octanol–water partition coefficient (Wildman–Crippen LogP) is 4.31. The average Bonchev–Trinajstić information content (AvgIpc) is 3.09. The highest BCUT2D eigenvalue weighted by Gasteiger charge is 2.20. The first-order chi connectivity index (χ1) is 13.6. The molecule has 5 heteroatoms. The highest BCUT2D eigenvalue weighted by molar-refractivity contribution is 5.79. The van der Waals surface area contributed by atoms with Gasteiger partial charge in [-0.25, -0.2) is 4.98 Å². The molecule has 0 bridgehead atoms. The van der Waals surface area contributed by atoms with Crippen molar-refractivity contribution in [2.45, 2.75) is 39.2 Å². The Kier molecular flexibility index (Phi) is 5.53. The number of aromatic amines is 1. The maximum Gasteiger partial charge on any atom is 0.201 e. The number of ether oxygens (including phenoxy) is 1. The molecule has 1 aliphatic heterocycles. The monoisotopic (exact) mass is 378 g/mol. The summed E-state index contributed by atoms with van der Waals surface area (Å²) in [4.78, 5) is 10.7. The van der Waals surface area contributed by atoms with Crippen LogP contribution in [-0.4, -0.2) is 47.7 Å². The molecule has 2 N–H and O–H groups in total. The average molecular weight is 379 g/mol. The second-order valence-electron chi connectivity index (χ2n) is 7.90. The minimum Gasteiger partial charge on any atom is -0.497 e. The van der Waals surface area contributed by atoms with Gasteiger partial charge in [0.05, 0.1) is 18.1 Å². The van der Waals surface area contributed by atoms with E-state index in [4.69, 9.17) is 9.72 Å². The van der Waals surface area contributed by atoms with Gasteiger partial charge < -0.3 is 19.9 Å². The number of nitrogens with one attached hydrogen (secondary N) is 2. The zero-order valence-corrected chi connectivity index (χ0v) is 17.1. The van der Waals surface area contributed by atoms with Crippen molar-refractivity contribution in [2.75, 3.05) is 32.1 Å². The van der Waals surface area contributed by atoms with Gasteiger partial charge in [-0.2, -0.15) is 0 Å². The Morgan fingerprint density at radius 2 is 1.82 bits per heavy atom. The number of aryl methyl sites for hydroxylation is 2. The number of hydrogen-bond donors (Lipinski definition) is 2. The highest BCUT2D eigenvalue weighted by atomic mass is 16.5. The number of aromatic nitrogens is 2. The summed E-state index contributed by atoms with van der Waals surface area (Å²) in [5.74, 6) is 1.82. The normalized spacial score (nSPS) is 15.8. The van der Waals surface area contributed by atoms with E-state index in [1.807, 2.05) is 12.1 Å². The number of piperidine rings is 1. The number of rotatable bonds is 6. The summed E-state index contributed by atoms with van der Waals surface area (Å²) < 4.78 is 5.23. The molecule has 0 saturated carbocycles. The van der Waals surface area contributed by atoms with Crippen molar-refractivity contribution in [1.29, 1.82) is 0 Å². The number of methoxy groups -OCH3 is 1. The van der Waals surface area contributed by atoms with Gasteiger partial charge in [0, 0.05) is 25.7 Å². The van der Waals surface area contributed by atoms with Gasteiger partial charge in [-0.1, -0.05) is 12.1 Å². The Balaban J connectivity index is 1.27. The Morgan fingerprint density at radius 1 is 1.11 bits per heavy atom. The van der Waals surface area contributed by atoms with Crippen molar-refractivity contribution >= 4 is 17.0 Å². The lowest BCUT2D eigenvalue weighted by molar-refractivity contribution is 0.221. The molecule has 0 aliphatic carbocycles. The smallest absolute Gasteiger partial charge is 0.201 e. The van der Waals surface area contributed by atoms with E-state index in [1.54, 1.807) is 7.11 Å². The Bertz CT molecular complexity index is 885. The largest absolute Gasteiger partial charge is 0.497 e. The third-order valence-electron chi connectivity index (χ3n) is 5.90. The Morgan fingerprint density at radius 3 is 2.54 bits per heavy atom. The van der Waals surface area contributed by atoms with Crippen molar-refractivity contribution in [1.82, 2.24) is 14.9 Å². The Hall–Kier alpha value is -2.53. The van der Waals surface area contributed by atoms with Crippen LogP contribution in [0.4, 0.5) is 5.95 Å². The quantitative estimate of drug-likeness (QED) is 0.671. The standard InChI is InChI=1S/C23H30N4O/c1-16-14-21-22(15-17(16)2)26-23(25-21)24-19-9-12-27(13-10-19)11-8-18-4-6-20(28-3)7-5-18/h4-7,14-15,19H,8-13H2,1-3H3,(H2,24,25,26). The molecular weight excluding hydrogens is 348 g/mol. The summed E-state index contributed by atoms with van der Waals surface area (Å²) >= 11 is 0. The van der Waals surface area contributed by atoms with Crippen LogP contribution in [0.2, 0.25) is 0 Å². The number of hydrogen-bond acceptors (Lipinski definition) is 4. The SMILES string of the molecule is COc1ccc(CCN2CCC(Nc3nc4cc(C)c(C)cc4[nH]3)CC2)cc1. The van der Waals surface area contributed by atoms with E-state index in [0.29, 0.717) is 6.04 Å². The zero-order valence-electron chi connectivity index (χ0n) is 17.1. The molecule has 3 aromatic rings. The molecule has 1 aliphatic rings. The number of fused-ring (bicyclic) bond motifs is 1. The number of benzene rings is 2. The summed E-state index contributed by atoms with van der Waals surface area (Å²) in [5.41, 5.74) is 6.11. The number of imidazole rings is 1. The van der Waals surface area contributed by atoms with E-state index >= 15 is 0 Å². The summed E-state index contributed by atoms with van der Waals surface area (Å²) in [6.45, 7) is 7.66. The van der Waals surface area contributed by atoms with Gasteiger partial charge in [0.15, 0.2) is 0 Å². The van der Waals surface area contributed by atoms with Crippen LogP contribution in [0.5, 0.6) is 5.75 Å². The molecule has 0 atom stereocenters. The third-order valence-corrected chi connectivity index (χ3v) is 5.90. The molecular formula is C23H30N4O. The van der Waals surface area contributed by atoms with Crippen LogP contribution in [0, 0.1) is 13.8 Å². The molecule has 0 amide bonds. The minimum atomic E-state index is 0.486. The van der Waals surface area contributed by atoms with Crippen molar-refractivity contribution in [3.05, 3.63) is 53.1 Å². The molecule has 1 saturated heterocycles. The lowest BCUT2D eigenvalue weighted by Crippen LogP contribution is -2.40. The first-order valence-corrected chi connectivity index (χ1v) is 10.2. The van der Waals surface area contributed by atoms with Gasteiger partial charge in [-0.3, -0.25) is 0 Å². The number of nitrogens with zero attached hydrogens (tertiary/aromatic N) is 2. The second-order valence-corrected chi connectivity index (χ2v) is 7.90. The molecule has 148 valence electrons. The molecule has 1 fully saturated rings. The van der Waals surface area contributed by atoms with E-state index in [-0.39, 0.29) is 0 Å². The van der Waals surface area contributed by atoms with Crippen molar-refractivity contribution in [3.63, 3.8) is 0 Å². The first kappa shape index (κ1) is 18.8. The molecule has 1 aromatic heterocycles. The first-order valence-electron chi connectivity index (χ1n) is 10.2. The van der Waals surface area contributed by atoms with Crippen LogP contribution in [0.15, 0.2) is 36.4 Å². The predicted molar refractivity (Wildman–Crippen MR) is 115 cm³/mol. The van der Waals surface area contributed by atoms with E-state index in [0.717, 1.165) is 61.6 Å². The fourth-order valence-electron chi connectivity index (χ4n) is 3.91. The van der Waals surface area contributed by atoms with Gasteiger partial charge in [-0.05, 0) is 74.1 Å². The number of likely N-dealkylation sites (tertiary alicyclic amines) is 1. The van der Waals surface area contributed by atoms with Gasteiger partial charge >= 0.3 is 0 Å². The van der Waals surface area contributed by atoms with Gasteiger partial charge in [0.1, 0.15) is 5.75 Å². The van der Waals surface area contributed by atoms with Crippen LogP contribution in [-0.2, 0) is 6.42 Å². The summed E-state index contributed by atoms with van der Waals surface area (Å²) in [6.07, 6.45) is 3.39. The van der Waals surface area contributed by atoms with Gasteiger partial charge in [0.25, 0.3) is 0 Å². The van der Waals surface area contributed by atoms with Crippen molar-refractivity contribution in [3.8, 4) is 5.75 Å². The highest BCUT2D eigenvalue weighted by Crippen LogP contribution is 2.21. The fourth-order valence-corrected chi connectivity index (χ4v) is 3.91. The molecule has 4 rings (SSSR count). The molecule has 2 heterocycles. The van der Waals surface area contributed by atoms with Crippen LogP contribution in [0.3, 0.4) is 0 Å². The molecule has 0 spiro atoms. The molecule has 28 heavy (non-hydrogen) atoms. The van der Waals surface area contributed by atoms with Crippen LogP contribution < -0.4 is 10.1 Å². The second kappa shape index (κ2) is 8.23. The van der Waals surface area contributed by atoms with Crippen LogP contribution >= 0.6 is 0 Å². The topological polar surface area (TPSA) is 53.2 Å². The maximum atomic E-state index is 5.23. The van der Waals surface area contributed by atoms with Crippen molar-refractivity contribution in [2.24, 2.45) is 0 Å². The zero-order chi connectivity index (χ0) is 19.5. The van der Waals surface area contributed by atoms with E-state index < -0.39 is 0 Å².